The number of carbonyl (C=O) groups excluding carboxylic acids is 1. The van der Waals surface area contributed by atoms with Crippen molar-refractivity contribution in [2.45, 2.75) is 19.4 Å². The van der Waals surface area contributed by atoms with Crippen LogP contribution < -0.4 is 5.32 Å². The summed E-state index contributed by atoms with van der Waals surface area (Å²) in [5.41, 5.74) is 0.914. The molecule has 0 radical (unpaired) electrons. The molecule has 0 aliphatic carbocycles. The van der Waals surface area contributed by atoms with Crippen LogP contribution in [0, 0.1) is 12.7 Å². The van der Waals surface area contributed by atoms with E-state index in [1.807, 2.05) is 0 Å². The molecule has 0 saturated carbocycles. The number of likely N-dealkylation sites (N-methyl/N-ethyl adjacent to an activating group) is 1. The minimum Gasteiger partial charge on any atom is -0.325 e. The fraction of sp³-hybridized carbons (Fsp3) is 0.500. The molecule has 1 aromatic carbocycles. The van der Waals surface area contributed by atoms with E-state index in [1.165, 1.54) is 6.07 Å². The number of benzene rings is 1. The molecule has 1 N–H and O–H groups in total. The van der Waals surface area contributed by atoms with Crippen molar-refractivity contribution in [2.24, 2.45) is 0 Å². The summed E-state index contributed by atoms with van der Waals surface area (Å²) in [4.78, 5) is 13.6. The SMILES string of the molecule is Cc1ccc(NC(=O)CN(C)C2CCS(=O)(=O)C2)cc1F. The molecule has 2 rings (SSSR count). The van der Waals surface area contributed by atoms with E-state index in [-0.39, 0.29) is 35.8 Å². The van der Waals surface area contributed by atoms with Gasteiger partial charge in [-0.15, -0.1) is 0 Å². The van der Waals surface area contributed by atoms with Crippen LogP contribution in [0.3, 0.4) is 0 Å². The molecule has 0 aromatic heterocycles. The lowest BCUT2D eigenvalue weighted by Crippen LogP contribution is -2.38. The number of sulfone groups is 1. The third-order valence-corrected chi connectivity index (χ3v) is 5.43. The maximum atomic E-state index is 13.4. The standard InChI is InChI=1S/C14H19FN2O3S/c1-10-3-4-11(7-13(10)15)16-14(18)8-17(2)12-5-6-21(19,20)9-12/h3-4,7,12H,5-6,8-9H2,1-2H3,(H,16,18). The molecular weight excluding hydrogens is 295 g/mol. The summed E-state index contributed by atoms with van der Waals surface area (Å²) in [5, 5.41) is 2.62. The number of anilines is 1. The quantitative estimate of drug-likeness (QED) is 0.906. The maximum Gasteiger partial charge on any atom is 0.238 e. The molecule has 1 unspecified atom stereocenters. The Balaban J connectivity index is 1.91. The zero-order valence-corrected chi connectivity index (χ0v) is 12.9. The van der Waals surface area contributed by atoms with Crippen LogP contribution in [0.4, 0.5) is 10.1 Å². The largest absolute Gasteiger partial charge is 0.325 e. The highest BCUT2D eigenvalue weighted by Gasteiger charge is 2.31. The van der Waals surface area contributed by atoms with Crippen LogP contribution in [0.25, 0.3) is 0 Å². The normalized spacial score (nSPS) is 20.7. The Morgan fingerprint density at radius 3 is 2.76 bits per heavy atom. The molecule has 0 bridgehead atoms. The van der Waals surface area contributed by atoms with Gasteiger partial charge in [0.25, 0.3) is 0 Å². The average Bonchev–Trinajstić information content (AvgIpc) is 2.74. The Bertz CT molecular complexity index is 646. The second-order valence-electron chi connectivity index (χ2n) is 5.48. The van der Waals surface area contributed by atoms with Crippen LogP contribution in [0.5, 0.6) is 0 Å². The molecule has 1 aliphatic rings. The van der Waals surface area contributed by atoms with E-state index in [9.17, 15) is 17.6 Å². The van der Waals surface area contributed by atoms with E-state index >= 15 is 0 Å². The van der Waals surface area contributed by atoms with E-state index in [0.717, 1.165) is 0 Å². The molecule has 1 amide bonds. The predicted molar refractivity (Wildman–Crippen MR) is 79.5 cm³/mol. The lowest BCUT2D eigenvalue weighted by molar-refractivity contribution is -0.117. The highest BCUT2D eigenvalue weighted by atomic mass is 32.2. The van der Waals surface area contributed by atoms with Gasteiger partial charge >= 0.3 is 0 Å². The summed E-state index contributed by atoms with van der Waals surface area (Å²) in [6.07, 6.45) is 0.547. The van der Waals surface area contributed by atoms with E-state index in [0.29, 0.717) is 17.7 Å². The second-order valence-corrected chi connectivity index (χ2v) is 7.71. The van der Waals surface area contributed by atoms with Gasteiger partial charge in [0.05, 0.1) is 18.1 Å². The van der Waals surface area contributed by atoms with Gasteiger partial charge < -0.3 is 5.32 Å². The van der Waals surface area contributed by atoms with Gasteiger partial charge in [0.1, 0.15) is 5.82 Å². The molecule has 1 heterocycles. The second kappa shape index (κ2) is 6.11. The summed E-state index contributed by atoms with van der Waals surface area (Å²) in [7, 11) is -1.25. The van der Waals surface area contributed by atoms with Gasteiger partial charge in [-0.25, -0.2) is 12.8 Å². The van der Waals surface area contributed by atoms with Crippen LogP contribution in [0.2, 0.25) is 0 Å². The van der Waals surface area contributed by atoms with Crippen molar-refractivity contribution >= 4 is 21.4 Å². The summed E-state index contributed by atoms with van der Waals surface area (Å²) >= 11 is 0. The van der Waals surface area contributed by atoms with Gasteiger partial charge in [0.2, 0.25) is 5.91 Å². The van der Waals surface area contributed by atoms with Crippen molar-refractivity contribution in [2.75, 3.05) is 30.4 Å². The Kier molecular flexibility index (Phi) is 4.63. The number of rotatable bonds is 4. The fourth-order valence-corrected chi connectivity index (χ4v) is 4.16. The van der Waals surface area contributed by atoms with Crippen LogP contribution in [-0.2, 0) is 14.6 Å². The van der Waals surface area contributed by atoms with Crippen molar-refractivity contribution < 1.29 is 17.6 Å². The third kappa shape index (κ3) is 4.25. The first-order valence-electron chi connectivity index (χ1n) is 6.73. The minimum absolute atomic E-state index is 0.0790. The number of aryl methyl sites for hydroxylation is 1. The molecule has 21 heavy (non-hydrogen) atoms. The van der Waals surface area contributed by atoms with Crippen LogP contribution in [0.15, 0.2) is 18.2 Å². The zero-order chi connectivity index (χ0) is 15.6. The van der Waals surface area contributed by atoms with Crippen molar-refractivity contribution in [1.82, 2.24) is 4.90 Å². The molecule has 116 valence electrons. The van der Waals surface area contributed by atoms with E-state index in [4.69, 9.17) is 0 Å². The summed E-state index contributed by atoms with van der Waals surface area (Å²) < 4.78 is 36.2. The highest BCUT2D eigenvalue weighted by Crippen LogP contribution is 2.17. The first kappa shape index (κ1) is 15.9. The first-order chi connectivity index (χ1) is 9.77. The number of carbonyl (C=O) groups is 1. The summed E-state index contributed by atoms with van der Waals surface area (Å²) in [6, 6.07) is 4.37. The molecule has 1 aromatic rings. The molecule has 1 saturated heterocycles. The van der Waals surface area contributed by atoms with Crippen molar-refractivity contribution in [1.29, 1.82) is 0 Å². The Hall–Kier alpha value is -1.47. The number of hydrogen-bond acceptors (Lipinski definition) is 4. The minimum atomic E-state index is -2.97. The van der Waals surface area contributed by atoms with Gasteiger partial charge in [-0.3, -0.25) is 9.69 Å². The first-order valence-corrected chi connectivity index (χ1v) is 8.55. The Morgan fingerprint density at radius 1 is 1.48 bits per heavy atom. The van der Waals surface area contributed by atoms with Crippen molar-refractivity contribution in [3.05, 3.63) is 29.6 Å². The van der Waals surface area contributed by atoms with E-state index in [1.54, 1.807) is 31.0 Å². The molecular formula is C14H19FN2O3S. The monoisotopic (exact) mass is 314 g/mol. The third-order valence-electron chi connectivity index (χ3n) is 3.68. The molecule has 1 atom stereocenters. The van der Waals surface area contributed by atoms with Gasteiger partial charge in [-0.05, 0) is 38.1 Å². The number of nitrogens with one attached hydrogen (secondary N) is 1. The van der Waals surface area contributed by atoms with Crippen LogP contribution in [0.1, 0.15) is 12.0 Å². The Morgan fingerprint density at radius 2 is 2.19 bits per heavy atom. The van der Waals surface area contributed by atoms with Crippen LogP contribution >= 0.6 is 0 Å². The topological polar surface area (TPSA) is 66.5 Å². The molecule has 1 aliphatic heterocycles. The molecule has 5 nitrogen and oxygen atoms in total. The number of halogens is 1. The van der Waals surface area contributed by atoms with Crippen molar-refractivity contribution in [3.8, 4) is 0 Å². The molecule has 7 heteroatoms. The Labute approximate surface area is 124 Å². The van der Waals surface area contributed by atoms with Crippen LogP contribution in [-0.4, -0.2) is 50.4 Å². The van der Waals surface area contributed by atoms with Gasteiger partial charge in [-0.1, -0.05) is 6.07 Å². The predicted octanol–water partition coefficient (Wildman–Crippen LogP) is 1.19. The summed E-state index contributed by atoms with van der Waals surface area (Å²) in [5.74, 6) is -0.393. The highest BCUT2D eigenvalue weighted by molar-refractivity contribution is 7.91. The van der Waals surface area contributed by atoms with Gasteiger partial charge in [-0.2, -0.15) is 0 Å². The lowest BCUT2D eigenvalue weighted by Gasteiger charge is -2.22. The summed E-state index contributed by atoms with van der Waals surface area (Å²) in [6.45, 7) is 1.73. The average molecular weight is 314 g/mol. The molecule has 1 fully saturated rings. The zero-order valence-electron chi connectivity index (χ0n) is 12.1. The fourth-order valence-electron chi connectivity index (χ4n) is 2.35. The smallest absolute Gasteiger partial charge is 0.238 e. The van der Waals surface area contributed by atoms with E-state index < -0.39 is 9.84 Å². The molecule has 0 spiro atoms. The lowest BCUT2D eigenvalue weighted by atomic mass is 10.2. The number of hydrogen-bond donors (Lipinski definition) is 1. The van der Waals surface area contributed by atoms with Gasteiger partial charge in [0, 0.05) is 11.7 Å². The maximum absolute atomic E-state index is 13.4. The van der Waals surface area contributed by atoms with Crippen molar-refractivity contribution in [3.63, 3.8) is 0 Å². The number of amides is 1. The van der Waals surface area contributed by atoms with E-state index in [2.05, 4.69) is 5.32 Å². The number of nitrogens with zero attached hydrogens (tertiary/aromatic N) is 1. The van der Waals surface area contributed by atoms with Gasteiger partial charge in [0.15, 0.2) is 9.84 Å².